The average molecular weight is 386 g/mol. The lowest BCUT2D eigenvalue weighted by Crippen LogP contribution is -2.26. The standard InChI is InChI=1S/C23H19FN4O/c1-16-6-4-9-19(12-16)28-22(26-10-2-3-11-26)20-14-27(15-21(20)25-28)23(29)17-7-5-8-18(24)13-17/h2-13H,14-15H2,1H3. The normalized spacial score (nSPS) is 13.0. The summed E-state index contributed by atoms with van der Waals surface area (Å²) in [5, 5.41) is 4.83. The van der Waals surface area contributed by atoms with Crippen molar-refractivity contribution in [1.29, 1.82) is 0 Å². The van der Waals surface area contributed by atoms with Gasteiger partial charge in [0.15, 0.2) is 0 Å². The number of amides is 1. The summed E-state index contributed by atoms with van der Waals surface area (Å²) in [7, 11) is 0. The molecule has 1 amide bonds. The van der Waals surface area contributed by atoms with Gasteiger partial charge in [0, 0.05) is 23.5 Å². The number of benzene rings is 2. The van der Waals surface area contributed by atoms with Crippen LogP contribution < -0.4 is 0 Å². The fourth-order valence-electron chi connectivity index (χ4n) is 3.83. The fraction of sp³-hybridized carbons (Fsp3) is 0.130. The molecule has 0 N–H and O–H groups in total. The highest BCUT2D eigenvalue weighted by Crippen LogP contribution is 2.31. The number of aryl methyl sites for hydroxylation is 1. The van der Waals surface area contributed by atoms with Gasteiger partial charge in [-0.2, -0.15) is 5.10 Å². The van der Waals surface area contributed by atoms with E-state index in [1.54, 1.807) is 17.0 Å². The summed E-state index contributed by atoms with van der Waals surface area (Å²) in [6.07, 6.45) is 3.95. The van der Waals surface area contributed by atoms with E-state index in [0.717, 1.165) is 28.3 Å². The van der Waals surface area contributed by atoms with Crippen LogP contribution >= 0.6 is 0 Å². The summed E-state index contributed by atoms with van der Waals surface area (Å²) in [5.74, 6) is 0.318. The van der Waals surface area contributed by atoms with Gasteiger partial charge in [0.25, 0.3) is 5.91 Å². The lowest BCUT2D eigenvalue weighted by atomic mass is 10.2. The second-order valence-electron chi connectivity index (χ2n) is 7.26. The van der Waals surface area contributed by atoms with Crippen LogP contribution in [0, 0.1) is 12.7 Å². The topological polar surface area (TPSA) is 43.1 Å². The lowest BCUT2D eigenvalue weighted by molar-refractivity contribution is 0.0748. The molecule has 0 unspecified atom stereocenters. The number of hydrogen-bond donors (Lipinski definition) is 0. The van der Waals surface area contributed by atoms with Gasteiger partial charge < -0.3 is 9.47 Å². The Labute approximate surface area is 167 Å². The Morgan fingerprint density at radius 3 is 2.55 bits per heavy atom. The van der Waals surface area contributed by atoms with Crippen molar-refractivity contribution in [2.75, 3.05) is 0 Å². The Morgan fingerprint density at radius 1 is 1.00 bits per heavy atom. The number of aromatic nitrogens is 3. The summed E-state index contributed by atoms with van der Waals surface area (Å²) in [6, 6.07) is 17.9. The van der Waals surface area contributed by atoms with Crippen molar-refractivity contribution in [3.63, 3.8) is 0 Å². The number of carbonyl (C=O) groups is 1. The maximum absolute atomic E-state index is 13.6. The minimum atomic E-state index is -0.412. The minimum absolute atomic E-state index is 0.192. The molecule has 0 bridgehead atoms. The van der Waals surface area contributed by atoms with Crippen LogP contribution in [-0.2, 0) is 13.1 Å². The molecule has 0 atom stereocenters. The number of nitrogens with zero attached hydrogens (tertiary/aromatic N) is 4. The summed E-state index contributed by atoms with van der Waals surface area (Å²) in [5.41, 5.74) is 4.35. The van der Waals surface area contributed by atoms with E-state index in [-0.39, 0.29) is 5.91 Å². The van der Waals surface area contributed by atoms with E-state index in [1.165, 1.54) is 12.1 Å². The van der Waals surface area contributed by atoms with Crippen LogP contribution in [0.3, 0.4) is 0 Å². The molecule has 0 fully saturated rings. The molecule has 0 spiro atoms. The van der Waals surface area contributed by atoms with Gasteiger partial charge in [0.1, 0.15) is 11.6 Å². The van der Waals surface area contributed by atoms with Gasteiger partial charge in [0.2, 0.25) is 0 Å². The molecule has 29 heavy (non-hydrogen) atoms. The first-order valence-corrected chi connectivity index (χ1v) is 9.46. The monoisotopic (exact) mass is 386 g/mol. The predicted octanol–water partition coefficient (Wildman–Crippen LogP) is 4.27. The van der Waals surface area contributed by atoms with E-state index in [1.807, 2.05) is 45.9 Å². The molecule has 2 aromatic carbocycles. The van der Waals surface area contributed by atoms with Gasteiger partial charge >= 0.3 is 0 Å². The summed E-state index contributed by atoms with van der Waals surface area (Å²) >= 11 is 0. The van der Waals surface area contributed by atoms with E-state index < -0.39 is 5.82 Å². The van der Waals surface area contributed by atoms with Gasteiger partial charge in [0.05, 0.1) is 24.5 Å². The third kappa shape index (κ3) is 3.02. The Kier molecular flexibility index (Phi) is 4.05. The van der Waals surface area contributed by atoms with Crippen LogP contribution in [0.5, 0.6) is 0 Å². The Hall–Kier alpha value is -3.67. The Bertz CT molecular complexity index is 1210. The van der Waals surface area contributed by atoms with Crippen LogP contribution in [0.15, 0.2) is 73.1 Å². The number of fused-ring (bicyclic) bond motifs is 1. The van der Waals surface area contributed by atoms with Gasteiger partial charge in [-0.15, -0.1) is 0 Å². The zero-order valence-corrected chi connectivity index (χ0v) is 15.9. The van der Waals surface area contributed by atoms with Crippen molar-refractivity contribution in [2.24, 2.45) is 0 Å². The molecular formula is C23H19FN4O. The Balaban J connectivity index is 1.55. The zero-order chi connectivity index (χ0) is 20.0. The highest BCUT2D eigenvalue weighted by Gasteiger charge is 2.31. The molecule has 4 aromatic rings. The van der Waals surface area contributed by atoms with Crippen LogP contribution in [0.25, 0.3) is 11.5 Å². The summed E-state index contributed by atoms with van der Waals surface area (Å²) < 4.78 is 17.5. The van der Waals surface area contributed by atoms with E-state index in [2.05, 4.69) is 19.1 Å². The quantitative estimate of drug-likeness (QED) is 0.528. The third-order valence-corrected chi connectivity index (χ3v) is 5.18. The van der Waals surface area contributed by atoms with Crippen molar-refractivity contribution in [2.45, 2.75) is 20.0 Å². The van der Waals surface area contributed by atoms with Gasteiger partial charge in [-0.25, -0.2) is 9.07 Å². The van der Waals surface area contributed by atoms with Crippen LogP contribution in [0.2, 0.25) is 0 Å². The van der Waals surface area contributed by atoms with Crippen molar-refractivity contribution < 1.29 is 9.18 Å². The smallest absolute Gasteiger partial charge is 0.254 e. The molecule has 0 aliphatic carbocycles. The fourth-order valence-corrected chi connectivity index (χ4v) is 3.83. The zero-order valence-electron chi connectivity index (χ0n) is 15.9. The maximum Gasteiger partial charge on any atom is 0.254 e. The first kappa shape index (κ1) is 17.4. The molecule has 0 saturated heterocycles. The number of halogens is 1. The number of rotatable bonds is 3. The van der Waals surface area contributed by atoms with E-state index in [0.29, 0.717) is 18.7 Å². The second kappa shape index (κ2) is 6.74. The van der Waals surface area contributed by atoms with Crippen LogP contribution in [0.4, 0.5) is 4.39 Å². The molecule has 1 aliphatic heterocycles. The summed E-state index contributed by atoms with van der Waals surface area (Å²) in [6.45, 7) is 2.89. The van der Waals surface area contributed by atoms with E-state index >= 15 is 0 Å². The highest BCUT2D eigenvalue weighted by molar-refractivity contribution is 5.94. The maximum atomic E-state index is 13.6. The van der Waals surface area contributed by atoms with Crippen molar-refractivity contribution in [3.05, 3.63) is 101 Å². The third-order valence-electron chi connectivity index (χ3n) is 5.18. The average Bonchev–Trinajstić information content (AvgIpc) is 3.43. The highest BCUT2D eigenvalue weighted by atomic mass is 19.1. The number of carbonyl (C=O) groups excluding carboxylic acids is 1. The molecule has 1 aliphatic rings. The SMILES string of the molecule is Cc1cccc(-n2nc3c(c2-n2cccc2)CN(C(=O)c2cccc(F)c2)C3)c1. The minimum Gasteiger partial charge on any atom is -0.328 e. The molecule has 3 heterocycles. The summed E-state index contributed by atoms with van der Waals surface area (Å²) in [4.78, 5) is 14.6. The second-order valence-corrected chi connectivity index (χ2v) is 7.26. The molecule has 0 saturated carbocycles. The van der Waals surface area contributed by atoms with E-state index in [9.17, 15) is 9.18 Å². The molecule has 2 aromatic heterocycles. The van der Waals surface area contributed by atoms with Crippen molar-refractivity contribution in [3.8, 4) is 11.5 Å². The van der Waals surface area contributed by atoms with Gasteiger partial charge in [-0.05, 0) is 55.0 Å². The Morgan fingerprint density at radius 2 is 1.79 bits per heavy atom. The largest absolute Gasteiger partial charge is 0.328 e. The number of hydrogen-bond acceptors (Lipinski definition) is 2. The first-order valence-electron chi connectivity index (χ1n) is 9.46. The van der Waals surface area contributed by atoms with Gasteiger partial charge in [-0.3, -0.25) is 4.79 Å². The molecule has 6 heteroatoms. The van der Waals surface area contributed by atoms with Crippen LogP contribution in [0.1, 0.15) is 27.2 Å². The van der Waals surface area contributed by atoms with E-state index in [4.69, 9.17) is 5.10 Å². The van der Waals surface area contributed by atoms with Gasteiger partial charge in [-0.1, -0.05) is 18.2 Å². The van der Waals surface area contributed by atoms with Crippen molar-refractivity contribution in [1.82, 2.24) is 19.2 Å². The predicted molar refractivity (Wildman–Crippen MR) is 108 cm³/mol. The lowest BCUT2D eigenvalue weighted by Gasteiger charge is -2.17. The first-order chi connectivity index (χ1) is 14.1. The molecule has 5 nitrogen and oxygen atoms in total. The molecular weight excluding hydrogens is 367 g/mol. The van der Waals surface area contributed by atoms with Crippen molar-refractivity contribution >= 4 is 5.91 Å². The molecule has 0 radical (unpaired) electrons. The molecule has 144 valence electrons. The molecule has 5 rings (SSSR count). The van der Waals surface area contributed by atoms with Crippen LogP contribution in [-0.4, -0.2) is 25.2 Å².